The second-order valence-electron chi connectivity index (χ2n) is 7.90. The highest BCUT2D eigenvalue weighted by Crippen LogP contribution is 2.15. The molecule has 1 amide bonds. The van der Waals surface area contributed by atoms with Crippen LogP contribution in [0.4, 0.5) is 0 Å². The number of hydrogen-bond donors (Lipinski definition) is 4. The second-order valence-corrected chi connectivity index (χ2v) is 9.31. The first-order chi connectivity index (χ1) is 13.9. The van der Waals surface area contributed by atoms with Gasteiger partial charge in [0, 0.05) is 12.2 Å². The number of carbonyl (C=O) groups excluding carboxylic acids is 1. The number of rotatable bonds is 20. The SMILES string of the molecule is CCCCCCCCCCCCCCCC(=O)N[C@@H](CS[C@H](C)C(O)O)C(=O)O. The standard InChI is InChI=1S/C22H43NO5S/c1-3-4-5-6-7-8-9-10-11-12-13-14-15-16-20(24)23-19(22(27)28)17-29-18(2)21(25)26/h18-19,21,25-26H,3-17H2,1-2H3,(H,23,24)(H,27,28)/t18-,19+/m1/s1. The zero-order chi connectivity index (χ0) is 21.9. The summed E-state index contributed by atoms with van der Waals surface area (Å²) in [6.45, 7) is 3.84. The van der Waals surface area contributed by atoms with E-state index in [2.05, 4.69) is 12.2 Å². The predicted molar refractivity (Wildman–Crippen MR) is 120 cm³/mol. The molecule has 0 saturated carbocycles. The van der Waals surface area contributed by atoms with E-state index in [0.29, 0.717) is 6.42 Å². The summed E-state index contributed by atoms with van der Waals surface area (Å²) in [5.74, 6) is -1.24. The Kier molecular flexibility index (Phi) is 18.7. The summed E-state index contributed by atoms with van der Waals surface area (Å²) in [4.78, 5) is 23.2. The minimum Gasteiger partial charge on any atom is -0.480 e. The normalized spacial score (nSPS) is 13.4. The van der Waals surface area contributed by atoms with Crippen LogP contribution >= 0.6 is 11.8 Å². The molecule has 0 aromatic carbocycles. The van der Waals surface area contributed by atoms with Gasteiger partial charge in [0.25, 0.3) is 0 Å². The highest BCUT2D eigenvalue weighted by atomic mass is 32.2. The lowest BCUT2D eigenvalue weighted by atomic mass is 10.0. The van der Waals surface area contributed by atoms with Gasteiger partial charge in [-0.25, -0.2) is 4.79 Å². The summed E-state index contributed by atoms with van der Waals surface area (Å²) in [6.07, 6.45) is 14.9. The lowest BCUT2D eigenvalue weighted by Crippen LogP contribution is -2.43. The van der Waals surface area contributed by atoms with Gasteiger partial charge in [-0.05, 0) is 13.3 Å². The molecule has 0 saturated heterocycles. The molecule has 0 spiro atoms. The van der Waals surface area contributed by atoms with E-state index in [-0.39, 0.29) is 11.7 Å². The summed E-state index contributed by atoms with van der Waals surface area (Å²) in [5.41, 5.74) is 0. The summed E-state index contributed by atoms with van der Waals surface area (Å²) in [6, 6.07) is -1.00. The number of hydrogen-bond acceptors (Lipinski definition) is 5. The van der Waals surface area contributed by atoms with Crippen molar-refractivity contribution in [3.8, 4) is 0 Å². The zero-order valence-electron chi connectivity index (χ0n) is 18.4. The smallest absolute Gasteiger partial charge is 0.327 e. The lowest BCUT2D eigenvalue weighted by Gasteiger charge is -2.18. The molecule has 0 bridgehead atoms. The molecule has 0 aliphatic heterocycles. The van der Waals surface area contributed by atoms with Gasteiger partial charge >= 0.3 is 5.97 Å². The molecule has 29 heavy (non-hydrogen) atoms. The summed E-state index contributed by atoms with van der Waals surface area (Å²) < 4.78 is 0. The summed E-state index contributed by atoms with van der Waals surface area (Å²) in [7, 11) is 0. The minimum atomic E-state index is -1.50. The van der Waals surface area contributed by atoms with Gasteiger partial charge in [0.05, 0.1) is 5.25 Å². The van der Waals surface area contributed by atoms with Crippen molar-refractivity contribution in [2.75, 3.05) is 5.75 Å². The van der Waals surface area contributed by atoms with Crippen LogP contribution in [0, 0.1) is 0 Å². The Bertz CT molecular complexity index is 420. The Labute approximate surface area is 181 Å². The van der Waals surface area contributed by atoms with Crippen molar-refractivity contribution in [3.63, 3.8) is 0 Å². The minimum absolute atomic E-state index is 0.110. The summed E-state index contributed by atoms with van der Waals surface area (Å²) >= 11 is 1.11. The van der Waals surface area contributed by atoms with E-state index in [1.54, 1.807) is 6.92 Å². The third-order valence-electron chi connectivity index (χ3n) is 5.09. The van der Waals surface area contributed by atoms with Crippen LogP contribution in [0.5, 0.6) is 0 Å². The number of thioether (sulfide) groups is 1. The van der Waals surface area contributed by atoms with Crippen molar-refractivity contribution in [2.45, 2.75) is 121 Å². The molecule has 0 aliphatic carbocycles. The fraction of sp³-hybridized carbons (Fsp3) is 0.909. The van der Waals surface area contributed by atoms with Crippen molar-refractivity contribution in [3.05, 3.63) is 0 Å². The van der Waals surface area contributed by atoms with Crippen LogP contribution in [-0.4, -0.2) is 50.5 Å². The Morgan fingerprint density at radius 2 is 1.28 bits per heavy atom. The molecule has 7 heteroatoms. The van der Waals surface area contributed by atoms with Gasteiger partial charge in [0.1, 0.15) is 6.04 Å². The van der Waals surface area contributed by atoms with Crippen LogP contribution in [0.2, 0.25) is 0 Å². The largest absolute Gasteiger partial charge is 0.480 e. The molecule has 0 radical (unpaired) electrons. The van der Waals surface area contributed by atoms with E-state index in [1.165, 1.54) is 64.2 Å². The van der Waals surface area contributed by atoms with Gasteiger partial charge in [-0.2, -0.15) is 11.8 Å². The number of carboxylic acids is 1. The number of aliphatic hydroxyl groups excluding tert-OH is 1. The fourth-order valence-corrected chi connectivity index (χ4v) is 3.97. The first-order valence-electron chi connectivity index (χ1n) is 11.4. The molecule has 0 aromatic rings. The number of amides is 1. The van der Waals surface area contributed by atoms with Crippen molar-refractivity contribution in [1.29, 1.82) is 0 Å². The molecule has 0 rings (SSSR count). The number of nitrogens with one attached hydrogen (secondary N) is 1. The molecule has 4 N–H and O–H groups in total. The molecule has 0 aliphatic rings. The average molecular weight is 434 g/mol. The first-order valence-corrected chi connectivity index (χ1v) is 12.4. The number of aliphatic carboxylic acids is 1. The van der Waals surface area contributed by atoms with Gasteiger partial charge in [0.15, 0.2) is 6.29 Å². The van der Waals surface area contributed by atoms with E-state index < -0.39 is 23.6 Å². The number of unbranched alkanes of at least 4 members (excludes halogenated alkanes) is 12. The Hall–Kier alpha value is -0.790. The van der Waals surface area contributed by atoms with E-state index in [4.69, 9.17) is 10.2 Å². The Balaban J connectivity index is 3.63. The highest BCUT2D eigenvalue weighted by molar-refractivity contribution is 8.00. The van der Waals surface area contributed by atoms with E-state index in [9.17, 15) is 14.7 Å². The number of aliphatic hydroxyl groups is 2. The maximum Gasteiger partial charge on any atom is 0.327 e. The third kappa shape index (κ3) is 17.8. The molecular formula is C22H43NO5S. The number of carboxylic acid groups (broad SMARTS) is 1. The molecule has 0 aromatic heterocycles. The maximum atomic E-state index is 12.0. The molecule has 0 fully saturated rings. The van der Waals surface area contributed by atoms with E-state index >= 15 is 0 Å². The molecule has 172 valence electrons. The van der Waals surface area contributed by atoms with Crippen LogP contribution in [-0.2, 0) is 9.59 Å². The van der Waals surface area contributed by atoms with Gasteiger partial charge < -0.3 is 20.6 Å². The van der Waals surface area contributed by atoms with Crippen LogP contribution in [0.15, 0.2) is 0 Å². The monoisotopic (exact) mass is 433 g/mol. The number of carbonyl (C=O) groups is 2. The predicted octanol–water partition coefficient (Wildman–Crippen LogP) is 4.47. The van der Waals surface area contributed by atoms with Gasteiger partial charge in [-0.3, -0.25) is 4.79 Å². The van der Waals surface area contributed by atoms with E-state index in [1.807, 2.05) is 0 Å². The van der Waals surface area contributed by atoms with Gasteiger partial charge in [-0.1, -0.05) is 84.0 Å². The lowest BCUT2D eigenvalue weighted by molar-refractivity contribution is -0.141. The maximum absolute atomic E-state index is 12.0. The Morgan fingerprint density at radius 3 is 1.69 bits per heavy atom. The highest BCUT2D eigenvalue weighted by Gasteiger charge is 2.22. The van der Waals surface area contributed by atoms with Gasteiger partial charge in [-0.15, -0.1) is 0 Å². The van der Waals surface area contributed by atoms with Crippen LogP contribution < -0.4 is 5.32 Å². The zero-order valence-corrected chi connectivity index (χ0v) is 19.2. The topological polar surface area (TPSA) is 107 Å². The molecular weight excluding hydrogens is 390 g/mol. The van der Waals surface area contributed by atoms with E-state index in [0.717, 1.165) is 31.0 Å². The molecule has 0 unspecified atom stereocenters. The third-order valence-corrected chi connectivity index (χ3v) is 6.38. The van der Waals surface area contributed by atoms with Gasteiger partial charge in [0.2, 0.25) is 5.91 Å². The molecule has 6 nitrogen and oxygen atoms in total. The van der Waals surface area contributed by atoms with Crippen molar-refractivity contribution >= 4 is 23.6 Å². The molecule has 2 atom stereocenters. The quantitative estimate of drug-likeness (QED) is 0.167. The van der Waals surface area contributed by atoms with Crippen LogP contribution in [0.25, 0.3) is 0 Å². The first kappa shape index (κ1) is 28.2. The summed E-state index contributed by atoms with van der Waals surface area (Å²) in [5, 5.41) is 29.3. The average Bonchev–Trinajstić information content (AvgIpc) is 2.68. The van der Waals surface area contributed by atoms with Crippen LogP contribution in [0.3, 0.4) is 0 Å². The second kappa shape index (κ2) is 19.2. The van der Waals surface area contributed by atoms with Crippen LogP contribution in [0.1, 0.15) is 104 Å². The molecule has 0 heterocycles. The van der Waals surface area contributed by atoms with Crippen molar-refractivity contribution < 1.29 is 24.9 Å². The fourth-order valence-electron chi connectivity index (χ4n) is 3.08. The Morgan fingerprint density at radius 1 is 0.828 bits per heavy atom. The van der Waals surface area contributed by atoms with Crippen molar-refractivity contribution in [1.82, 2.24) is 5.32 Å². The van der Waals surface area contributed by atoms with Crippen molar-refractivity contribution in [2.24, 2.45) is 0 Å².